The molecular weight excluding hydrogens is 236 g/mol. The number of aromatic nitrogens is 1. The molecule has 0 aliphatic rings. The Kier molecular flexibility index (Phi) is 5.54. The Morgan fingerprint density at radius 3 is 2.94 bits per heavy atom. The number of thiazole rings is 1. The highest BCUT2D eigenvalue weighted by Gasteiger charge is 2.16. The Labute approximate surface area is 106 Å². The van der Waals surface area contributed by atoms with E-state index in [9.17, 15) is 4.79 Å². The molecule has 1 unspecified atom stereocenters. The van der Waals surface area contributed by atoms with Gasteiger partial charge >= 0.3 is 0 Å². The highest BCUT2D eigenvalue weighted by molar-refractivity contribution is 7.09. The topological polar surface area (TPSA) is 71.2 Å². The highest BCUT2D eigenvalue weighted by atomic mass is 32.1. The molecule has 0 saturated carbocycles. The van der Waals surface area contributed by atoms with Crippen molar-refractivity contribution < 1.29 is 4.79 Å². The molecule has 0 aliphatic carbocycles. The molecule has 0 aliphatic heterocycles. The van der Waals surface area contributed by atoms with Crippen molar-refractivity contribution in [3.63, 3.8) is 0 Å². The lowest BCUT2D eigenvalue weighted by atomic mass is 10.3. The largest absolute Gasteiger partial charge is 0.340 e. The predicted octanol–water partition coefficient (Wildman–Crippen LogP) is 0.844. The van der Waals surface area contributed by atoms with E-state index in [0.29, 0.717) is 5.69 Å². The fourth-order valence-corrected chi connectivity index (χ4v) is 2.14. The van der Waals surface area contributed by atoms with Crippen molar-refractivity contribution in [2.24, 2.45) is 5.73 Å². The van der Waals surface area contributed by atoms with Gasteiger partial charge in [0.05, 0.1) is 6.04 Å². The van der Waals surface area contributed by atoms with Gasteiger partial charge in [0.1, 0.15) is 10.7 Å². The van der Waals surface area contributed by atoms with Crippen molar-refractivity contribution in [2.75, 3.05) is 27.2 Å². The van der Waals surface area contributed by atoms with Gasteiger partial charge in [0.15, 0.2) is 0 Å². The molecule has 0 bridgehead atoms. The molecule has 0 radical (unpaired) electrons. The first-order chi connectivity index (χ1) is 8.06. The number of nitrogens with one attached hydrogen (secondary N) is 1. The number of amides is 1. The van der Waals surface area contributed by atoms with Crippen LogP contribution in [0.3, 0.4) is 0 Å². The Bertz CT molecular complexity index is 364. The summed E-state index contributed by atoms with van der Waals surface area (Å²) in [6.45, 7) is 3.49. The minimum Gasteiger partial charge on any atom is -0.340 e. The lowest BCUT2D eigenvalue weighted by molar-refractivity contribution is 0.0788. The van der Waals surface area contributed by atoms with E-state index in [-0.39, 0.29) is 11.9 Å². The van der Waals surface area contributed by atoms with Crippen molar-refractivity contribution in [1.29, 1.82) is 0 Å². The maximum absolute atomic E-state index is 12.0. The maximum Gasteiger partial charge on any atom is 0.273 e. The number of carbonyl (C=O) groups is 1. The summed E-state index contributed by atoms with van der Waals surface area (Å²) in [5.74, 6) is -0.0377. The highest BCUT2D eigenvalue weighted by Crippen LogP contribution is 2.16. The third kappa shape index (κ3) is 4.07. The van der Waals surface area contributed by atoms with Gasteiger partial charge in [-0.15, -0.1) is 11.3 Å². The van der Waals surface area contributed by atoms with Crippen LogP contribution in [-0.2, 0) is 0 Å². The summed E-state index contributed by atoms with van der Waals surface area (Å²) in [6.07, 6.45) is 0.934. The van der Waals surface area contributed by atoms with E-state index in [2.05, 4.69) is 10.3 Å². The average molecular weight is 256 g/mol. The van der Waals surface area contributed by atoms with Crippen LogP contribution in [0.4, 0.5) is 0 Å². The van der Waals surface area contributed by atoms with Gasteiger partial charge in [-0.2, -0.15) is 0 Å². The summed E-state index contributed by atoms with van der Waals surface area (Å²) in [6, 6.07) is -0.115. The summed E-state index contributed by atoms with van der Waals surface area (Å²) in [5, 5.41) is 5.63. The zero-order valence-electron chi connectivity index (χ0n) is 10.6. The normalized spacial score (nSPS) is 12.5. The number of hydrogen-bond donors (Lipinski definition) is 2. The molecule has 1 rings (SSSR count). The van der Waals surface area contributed by atoms with Crippen molar-refractivity contribution in [3.05, 3.63) is 16.1 Å². The summed E-state index contributed by atoms with van der Waals surface area (Å²) in [4.78, 5) is 17.9. The lowest BCUT2D eigenvalue weighted by Crippen LogP contribution is -2.29. The standard InChI is InChI=1S/C11H20N4OS/c1-8(12)10-14-9(7-17-10)11(16)15(3)6-4-5-13-2/h7-8,13H,4-6,12H2,1-3H3. The number of hydrogen-bond acceptors (Lipinski definition) is 5. The minimum absolute atomic E-state index is 0.0377. The minimum atomic E-state index is -0.115. The molecule has 0 aromatic carbocycles. The first-order valence-electron chi connectivity index (χ1n) is 5.67. The van der Waals surface area contributed by atoms with Gasteiger partial charge < -0.3 is 16.0 Å². The van der Waals surface area contributed by atoms with Crippen LogP contribution in [-0.4, -0.2) is 43.0 Å². The third-order valence-corrected chi connectivity index (χ3v) is 3.44. The lowest BCUT2D eigenvalue weighted by Gasteiger charge is -2.15. The molecular formula is C11H20N4OS. The SMILES string of the molecule is CNCCCN(C)C(=O)c1csc(C(C)N)n1. The Morgan fingerprint density at radius 2 is 2.41 bits per heavy atom. The van der Waals surface area contributed by atoms with E-state index in [4.69, 9.17) is 5.73 Å². The zero-order chi connectivity index (χ0) is 12.8. The molecule has 0 saturated heterocycles. The zero-order valence-corrected chi connectivity index (χ0v) is 11.4. The maximum atomic E-state index is 12.0. The van der Waals surface area contributed by atoms with Gasteiger partial charge in [-0.05, 0) is 26.9 Å². The second kappa shape index (κ2) is 6.68. The quantitative estimate of drug-likeness (QED) is 0.740. The molecule has 17 heavy (non-hydrogen) atoms. The molecule has 96 valence electrons. The van der Waals surface area contributed by atoms with Gasteiger partial charge in [0, 0.05) is 19.0 Å². The van der Waals surface area contributed by atoms with E-state index in [1.54, 1.807) is 17.3 Å². The molecule has 0 fully saturated rings. The summed E-state index contributed by atoms with van der Waals surface area (Å²) in [7, 11) is 3.69. The Morgan fingerprint density at radius 1 is 1.71 bits per heavy atom. The van der Waals surface area contributed by atoms with E-state index in [1.165, 1.54) is 11.3 Å². The monoisotopic (exact) mass is 256 g/mol. The number of carbonyl (C=O) groups excluding carboxylic acids is 1. The van der Waals surface area contributed by atoms with Gasteiger partial charge in [-0.25, -0.2) is 4.98 Å². The first kappa shape index (κ1) is 14.1. The van der Waals surface area contributed by atoms with Crippen molar-refractivity contribution in [1.82, 2.24) is 15.2 Å². The first-order valence-corrected chi connectivity index (χ1v) is 6.55. The summed E-state index contributed by atoms with van der Waals surface area (Å²) in [5.41, 5.74) is 6.21. The summed E-state index contributed by atoms with van der Waals surface area (Å²) < 4.78 is 0. The van der Waals surface area contributed by atoms with Crippen molar-refractivity contribution in [3.8, 4) is 0 Å². The Balaban J connectivity index is 2.55. The fraction of sp³-hybridized carbons (Fsp3) is 0.636. The number of nitrogens with zero attached hydrogens (tertiary/aromatic N) is 2. The second-order valence-corrected chi connectivity index (χ2v) is 4.93. The van der Waals surface area contributed by atoms with Crippen LogP contribution in [0.15, 0.2) is 5.38 Å². The molecule has 5 nitrogen and oxygen atoms in total. The molecule has 3 N–H and O–H groups in total. The van der Waals surface area contributed by atoms with Crippen LogP contribution in [0.5, 0.6) is 0 Å². The number of rotatable bonds is 6. The molecule has 0 spiro atoms. The molecule has 1 atom stereocenters. The van der Waals surface area contributed by atoms with E-state index >= 15 is 0 Å². The molecule has 1 heterocycles. The van der Waals surface area contributed by atoms with Gasteiger partial charge in [-0.3, -0.25) is 4.79 Å². The van der Waals surface area contributed by atoms with E-state index in [0.717, 1.165) is 24.5 Å². The fourth-order valence-electron chi connectivity index (χ4n) is 1.39. The second-order valence-electron chi connectivity index (χ2n) is 4.04. The van der Waals surface area contributed by atoms with Crippen LogP contribution in [0.1, 0.15) is 34.9 Å². The third-order valence-electron chi connectivity index (χ3n) is 2.40. The van der Waals surface area contributed by atoms with E-state index < -0.39 is 0 Å². The molecule has 6 heteroatoms. The van der Waals surface area contributed by atoms with Crippen LogP contribution in [0.25, 0.3) is 0 Å². The van der Waals surface area contributed by atoms with Gasteiger partial charge in [0.25, 0.3) is 5.91 Å². The summed E-state index contributed by atoms with van der Waals surface area (Å²) >= 11 is 1.44. The van der Waals surface area contributed by atoms with Crippen LogP contribution < -0.4 is 11.1 Å². The van der Waals surface area contributed by atoms with E-state index in [1.807, 2.05) is 14.0 Å². The van der Waals surface area contributed by atoms with Crippen LogP contribution >= 0.6 is 11.3 Å². The van der Waals surface area contributed by atoms with Crippen molar-refractivity contribution in [2.45, 2.75) is 19.4 Å². The van der Waals surface area contributed by atoms with Gasteiger partial charge in [-0.1, -0.05) is 0 Å². The van der Waals surface area contributed by atoms with Crippen LogP contribution in [0, 0.1) is 0 Å². The Hall–Kier alpha value is -0.980. The van der Waals surface area contributed by atoms with Crippen molar-refractivity contribution >= 4 is 17.2 Å². The molecule has 1 aromatic rings. The predicted molar refractivity (Wildman–Crippen MR) is 70.2 cm³/mol. The smallest absolute Gasteiger partial charge is 0.273 e. The molecule has 1 aromatic heterocycles. The van der Waals surface area contributed by atoms with Gasteiger partial charge in [0.2, 0.25) is 0 Å². The number of nitrogens with two attached hydrogens (primary N) is 1. The molecule has 1 amide bonds. The average Bonchev–Trinajstić information content (AvgIpc) is 2.77. The van der Waals surface area contributed by atoms with Crippen LogP contribution in [0.2, 0.25) is 0 Å².